The number of nitrogens with one attached hydrogen (secondary N) is 2. The van der Waals surface area contributed by atoms with E-state index in [4.69, 9.17) is 0 Å². The quantitative estimate of drug-likeness (QED) is 0.733. The monoisotopic (exact) mass is 254 g/mol. The van der Waals surface area contributed by atoms with Gasteiger partial charge in [-0.25, -0.2) is 9.97 Å². The van der Waals surface area contributed by atoms with Gasteiger partial charge in [-0.1, -0.05) is 13.8 Å². The van der Waals surface area contributed by atoms with Gasteiger partial charge in [-0.3, -0.25) is 0 Å². The second-order valence-electron chi connectivity index (χ2n) is 4.10. The van der Waals surface area contributed by atoms with Crippen LogP contribution in [0.15, 0.2) is 6.07 Å². The zero-order valence-corrected chi connectivity index (χ0v) is 11.9. The van der Waals surface area contributed by atoms with Crippen molar-refractivity contribution in [2.75, 3.05) is 35.7 Å². The molecule has 0 aliphatic rings. The van der Waals surface area contributed by atoms with Crippen molar-refractivity contribution in [1.82, 2.24) is 9.97 Å². The van der Waals surface area contributed by atoms with Gasteiger partial charge in [-0.05, 0) is 13.2 Å². The second-order valence-corrected chi connectivity index (χ2v) is 5.09. The minimum atomic E-state index is 0.342. The molecule has 1 heterocycles. The third kappa shape index (κ3) is 4.81. The van der Waals surface area contributed by atoms with Crippen molar-refractivity contribution in [3.05, 3.63) is 11.9 Å². The van der Waals surface area contributed by atoms with Crippen molar-refractivity contribution in [3.8, 4) is 0 Å². The van der Waals surface area contributed by atoms with Crippen LogP contribution in [0.4, 0.5) is 11.6 Å². The van der Waals surface area contributed by atoms with E-state index in [-0.39, 0.29) is 0 Å². The summed E-state index contributed by atoms with van der Waals surface area (Å²) < 4.78 is 0. The van der Waals surface area contributed by atoms with Crippen LogP contribution in [-0.4, -0.2) is 35.1 Å². The molecule has 0 unspecified atom stereocenters. The molecule has 0 fully saturated rings. The summed E-state index contributed by atoms with van der Waals surface area (Å²) in [5.74, 6) is 4.12. The fourth-order valence-electron chi connectivity index (χ4n) is 1.37. The molecule has 0 saturated carbocycles. The first-order valence-electron chi connectivity index (χ1n) is 6.03. The Kier molecular flexibility index (Phi) is 6.11. The number of nitrogens with zero attached hydrogens (tertiary/aromatic N) is 2. The summed E-state index contributed by atoms with van der Waals surface area (Å²) in [6.45, 7) is 8.09. The van der Waals surface area contributed by atoms with Gasteiger partial charge in [-0.15, -0.1) is 0 Å². The first-order valence-corrected chi connectivity index (χ1v) is 7.42. The molecule has 17 heavy (non-hydrogen) atoms. The molecule has 4 nitrogen and oxygen atoms in total. The van der Waals surface area contributed by atoms with Crippen LogP contribution in [-0.2, 0) is 0 Å². The standard InChI is InChI=1S/C12H22N4S/c1-5-13-10-8-11(14-6-7-17-4)16-12(15-10)9(2)3/h8-9H,5-7H2,1-4H3,(H2,13,14,15,16). The average Bonchev–Trinajstić information content (AvgIpc) is 2.29. The molecule has 0 spiro atoms. The molecule has 0 aliphatic heterocycles. The Hall–Kier alpha value is -0.970. The van der Waals surface area contributed by atoms with Crippen LogP contribution in [0, 0.1) is 0 Å². The summed E-state index contributed by atoms with van der Waals surface area (Å²) in [5.41, 5.74) is 0. The lowest BCUT2D eigenvalue weighted by Crippen LogP contribution is -2.10. The number of rotatable bonds is 7. The summed E-state index contributed by atoms with van der Waals surface area (Å²) in [6.07, 6.45) is 2.10. The number of aromatic nitrogens is 2. The molecule has 0 amide bonds. The van der Waals surface area contributed by atoms with E-state index in [2.05, 4.69) is 47.6 Å². The molecule has 1 aromatic heterocycles. The Morgan fingerprint density at radius 3 is 2.41 bits per heavy atom. The summed E-state index contributed by atoms with van der Waals surface area (Å²) in [6, 6.07) is 1.97. The molecule has 5 heteroatoms. The molecule has 0 atom stereocenters. The minimum Gasteiger partial charge on any atom is -0.370 e. The predicted molar refractivity (Wildman–Crippen MR) is 77.2 cm³/mol. The highest BCUT2D eigenvalue weighted by molar-refractivity contribution is 7.98. The van der Waals surface area contributed by atoms with Gasteiger partial charge in [0.05, 0.1) is 0 Å². The van der Waals surface area contributed by atoms with E-state index in [1.165, 1.54) is 0 Å². The van der Waals surface area contributed by atoms with Crippen LogP contribution in [0.2, 0.25) is 0 Å². The predicted octanol–water partition coefficient (Wildman–Crippen LogP) is 2.81. The van der Waals surface area contributed by atoms with Crippen LogP contribution in [0.25, 0.3) is 0 Å². The van der Waals surface area contributed by atoms with E-state index >= 15 is 0 Å². The van der Waals surface area contributed by atoms with E-state index in [1.54, 1.807) is 0 Å². The van der Waals surface area contributed by atoms with E-state index < -0.39 is 0 Å². The van der Waals surface area contributed by atoms with Gasteiger partial charge in [0.15, 0.2) is 0 Å². The van der Waals surface area contributed by atoms with E-state index in [0.717, 1.165) is 36.3 Å². The summed E-state index contributed by atoms with van der Waals surface area (Å²) in [5, 5.41) is 6.56. The second kappa shape index (κ2) is 7.37. The molecule has 0 saturated heterocycles. The van der Waals surface area contributed by atoms with Crippen molar-refractivity contribution in [2.45, 2.75) is 26.7 Å². The Morgan fingerprint density at radius 1 is 1.24 bits per heavy atom. The van der Waals surface area contributed by atoms with Gasteiger partial charge in [-0.2, -0.15) is 11.8 Å². The Morgan fingerprint density at radius 2 is 1.88 bits per heavy atom. The first kappa shape index (κ1) is 14.1. The first-order chi connectivity index (χ1) is 8.17. The number of hydrogen-bond donors (Lipinski definition) is 2. The highest BCUT2D eigenvalue weighted by atomic mass is 32.2. The number of thioether (sulfide) groups is 1. The van der Waals surface area contributed by atoms with E-state index in [1.807, 2.05) is 17.8 Å². The largest absolute Gasteiger partial charge is 0.370 e. The number of hydrogen-bond acceptors (Lipinski definition) is 5. The van der Waals surface area contributed by atoms with E-state index in [0.29, 0.717) is 5.92 Å². The summed E-state index contributed by atoms with van der Waals surface area (Å²) >= 11 is 1.82. The summed E-state index contributed by atoms with van der Waals surface area (Å²) in [7, 11) is 0. The topological polar surface area (TPSA) is 49.8 Å². The molecule has 1 aromatic rings. The van der Waals surface area contributed by atoms with Crippen molar-refractivity contribution in [2.24, 2.45) is 0 Å². The molecular weight excluding hydrogens is 232 g/mol. The van der Waals surface area contributed by atoms with Crippen molar-refractivity contribution < 1.29 is 0 Å². The van der Waals surface area contributed by atoms with Gasteiger partial charge in [0.2, 0.25) is 0 Å². The molecule has 2 N–H and O–H groups in total. The van der Waals surface area contributed by atoms with Crippen molar-refractivity contribution >= 4 is 23.4 Å². The minimum absolute atomic E-state index is 0.342. The van der Waals surface area contributed by atoms with Crippen LogP contribution in [0.1, 0.15) is 32.5 Å². The van der Waals surface area contributed by atoms with Crippen molar-refractivity contribution in [1.29, 1.82) is 0 Å². The zero-order valence-electron chi connectivity index (χ0n) is 11.1. The fraction of sp³-hybridized carbons (Fsp3) is 0.667. The Bertz CT molecular complexity index is 341. The van der Waals surface area contributed by atoms with E-state index in [9.17, 15) is 0 Å². The average molecular weight is 254 g/mol. The maximum atomic E-state index is 4.52. The maximum absolute atomic E-state index is 4.52. The lowest BCUT2D eigenvalue weighted by atomic mass is 10.2. The van der Waals surface area contributed by atoms with Gasteiger partial charge >= 0.3 is 0 Å². The molecular formula is C12H22N4S. The molecule has 1 rings (SSSR count). The lowest BCUT2D eigenvalue weighted by Gasteiger charge is -2.11. The molecule has 0 aromatic carbocycles. The van der Waals surface area contributed by atoms with Crippen molar-refractivity contribution in [3.63, 3.8) is 0 Å². The van der Waals surface area contributed by atoms with Crippen LogP contribution >= 0.6 is 11.8 Å². The van der Waals surface area contributed by atoms with Gasteiger partial charge in [0.25, 0.3) is 0 Å². The molecule has 0 aliphatic carbocycles. The van der Waals surface area contributed by atoms with Crippen LogP contribution < -0.4 is 10.6 Å². The van der Waals surface area contributed by atoms with Gasteiger partial charge < -0.3 is 10.6 Å². The number of anilines is 2. The lowest BCUT2D eigenvalue weighted by molar-refractivity contribution is 0.775. The fourth-order valence-corrected chi connectivity index (χ4v) is 1.67. The third-order valence-corrected chi connectivity index (χ3v) is 2.84. The van der Waals surface area contributed by atoms with Crippen LogP contribution in [0.3, 0.4) is 0 Å². The molecule has 0 radical (unpaired) electrons. The normalized spacial score (nSPS) is 10.6. The van der Waals surface area contributed by atoms with Crippen LogP contribution in [0.5, 0.6) is 0 Å². The zero-order chi connectivity index (χ0) is 12.7. The third-order valence-electron chi connectivity index (χ3n) is 2.23. The Labute approximate surface area is 108 Å². The van der Waals surface area contributed by atoms with Gasteiger partial charge in [0.1, 0.15) is 17.5 Å². The highest BCUT2D eigenvalue weighted by Crippen LogP contribution is 2.16. The summed E-state index contributed by atoms with van der Waals surface area (Å²) in [4.78, 5) is 9.00. The van der Waals surface area contributed by atoms with Gasteiger partial charge in [0, 0.05) is 30.8 Å². The smallest absolute Gasteiger partial charge is 0.135 e. The highest BCUT2D eigenvalue weighted by Gasteiger charge is 2.07. The maximum Gasteiger partial charge on any atom is 0.135 e. The Balaban J connectivity index is 2.79. The molecule has 0 bridgehead atoms. The SMILES string of the molecule is CCNc1cc(NCCSC)nc(C(C)C)n1. The molecule has 96 valence electrons.